The highest BCUT2D eigenvalue weighted by atomic mass is 14.6. The number of nitrogens with zero attached hydrogens (tertiary/aromatic N) is 1. The third-order valence-corrected chi connectivity index (χ3v) is 2.27. The highest BCUT2D eigenvalue weighted by Crippen LogP contribution is 2.19. The molecule has 0 radical (unpaired) electrons. The molecule has 0 aliphatic rings. The second-order valence-corrected chi connectivity index (χ2v) is 3.32. The summed E-state index contributed by atoms with van der Waals surface area (Å²) in [6.45, 7) is 4.52. The first kappa shape index (κ1) is 9.24. The molecule has 1 heteroatoms. The molecule has 1 aromatic heterocycles. The molecule has 1 nitrogen and oxygen atoms in total. The van der Waals surface area contributed by atoms with Crippen molar-refractivity contribution in [3.8, 4) is 0 Å². The van der Waals surface area contributed by atoms with Gasteiger partial charge in [0.25, 0.3) is 0 Å². The van der Waals surface area contributed by atoms with Crippen LogP contribution >= 0.6 is 0 Å². The fourth-order valence-corrected chi connectivity index (χ4v) is 1.37. The van der Waals surface area contributed by atoms with Gasteiger partial charge >= 0.3 is 0 Å². The molecule has 0 aliphatic heterocycles. The van der Waals surface area contributed by atoms with E-state index in [0.29, 0.717) is 5.92 Å². The van der Waals surface area contributed by atoms with Gasteiger partial charge < -0.3 is 0 Å². The van der Waals surface area contributed by atoms with Crippen LogP contribution in [0.25, 0.3) is 0 Å². The van der Waals surface area contributed by atoms with E-state index in [4.69, 9.17) is 0 Å². The molecule has 0 spiro atoms. The van der Waals surface area contributed by atoms with Gasteiger partial charge in [-0.3, -0.25) is 4.98 Å². The van der Waals surface area contributed by atoms with Crippen LogP contribution < -0.4 is 0 Å². The molecule has 1 unspecified atom stereocenters. The molecule has 0 aliphatic carbocycles. The van der Waals surface area contributed by atoms with Crippen LogP contribution in [0.2, 0.25) is 0 Å². The quantitative estimate of drug-likeness (QED) is 0.663. The van der Waals surface area contributed by atoms with E-state index >= 15 is 0 Å². The zero-order valence-corrected chi connectivity index (χ0v) is 7.96. The van der Waals surface area contributed by atoms with E-state index in [1.807, 2.05) is 12.4 Å². The van der Waals surface area contributed by atoms with Crippen LogP contribution in [-0.4, -0.2) is 4.98 Å². The number of unbranched alkanes of at least 4 members (excludes halogenated alkanes) is 1. The Balaban J connectivity index is 2.48. The minimum Gasteiger partial charge on any atom is -0.265 e. The molecule has 1 aromatic rings. The normalized spacial score (nSPS) is 12.8. The first-order chi connectivity index (χ1) is 5.84. The number of aromatic nitrogens is 1. The molecule has 1 rings (SSSR count). The maximum atomic E-state index is 4.01. The lowest BCUT2D eigenvalue weighted by Gasteiger charge is -2.09. The molecule has 1 heterocycles. The van der Waals surface area contributed by atoms with E-state index < -0.39 is 0 Å². The Morgan fingerprint density at radius 1 is 1.33 bits per heavy atom. The molecule has 12 heavy (non-hydrogen) atoms. The van der Waals surface area contributed by atoms with E-state index in [2.05, 4.69) is 31.0 Å². The molecular formula is C11H17N. The minimum absolute atomic E-state index is 0.688. The minimum atomic E-state index is 0.688. The number of hydrogen-bond donors (Lipinski definition) is 0. The van der Waals surface area contributed by atoms with Crippen LogP contribution in [0, 0.1) is 0 Å². The third kappa shape index (κ3) is 2.65. The van der Waals surface area contributed by atoms with Crippen LogP contribution in [0.15, 0.2) is 24.5 Å². The average Bonchev–Trinajstić information content (AvgIpc) is 2.15. The molecule has 0 saturated carbocycles. The average molecular weight is 163 g/mol. The predicted octanol–water partition coefficient (Wildman–Crippen LogP) is 3.38. The Kier molecular flexibility index (Phi) is 3.78. The van der Waals surface area contributed by atoms with Crippen molar-refractivity contribution in [3.05, 3.63) is 30.1 Å². The molecule has 0 N–H and O–H groups in total. The second kappa shape index (κ2) is 4.91. The van der Waals surface area contributed by atoms with Crippen molar-refractivity contribution in [1.29, 1.82) is 0 Å². The monoisotopic (exact) mass is 163 g/mol. The zero-order valence-electron chi connectivity index (χ0n) is 7.96. The van der Waals surface area contributed by atoms with Crippen LogP contribution in [0.4, 0.5) is 0 Å². The molecule has 0 saturated heterocycles. The SMILES string of the molecule is CCCCC(C)c1ccncc1. The van der Waals surface area contributed by atoms with Gasteiger partial charge in [-0.25, -0.2) is 0 Å². The van der Waals surface area contributed by atoms with Gasteiger partial charge in [0.1, 0.15) is 0 Å². The summed E-state index contributed by atoms with van der Waals surface area (Å²) in [4.78, 5) is 4.01. The summed E-state index contributed by atoms with van der Waals surface area (Å²) < 4.78 is 0. The van der Waals surface area contributed by atoms with E-state index in [1.54, 1.807) is 0 Å². The fourth-order valence-electron chi connectivity index (χ4n) is 1.37. The molecule has 0 amide bonds. The Morgan fingerprint density at radius 3 is 2.58 bits per heavy atom. The van der Waals surface area contributed by atoms with Crippen molar-refractivity contribution < 1.29 is 0 Å². The van der Waals surface area contributed by atoms with Crippen molar-refractivity contribution in [3.63, 3.8) is 0 Å². The van der Waals surface area contributed by atoms with Crippen molar-refractivity contribution in [1.82, 2.24) is 4.98 Å². The Hall–Kier alpha value is -0.850. The van der Waals surface area contributed by atoms with Gasteiger partial charge in [0.2, 0.25) is 0 Å². The smallest absolute Gasteiger partial charge is 0.0270 e. The highest BCUT2D eigenvalue weighted by molar-refractivity contribution is 5.14. The summed E-state index contributed by atoms with van der Waals surface area (Å²) in [5, 5.41) is 0. The van der Waals surface area contributed by atoms with Gasteiger partial charge in [0.05, 0.1) is 0 Å². The van der Waals surface area contributed by atoms with Gasteiger partial charge in [-0.1, -0.05) is 26.7 Å². The fraction of sp³-hybridized carbons (Fsp3) is 0.545. The van der Waals surface area contributed by atoms with E-state index in [9.17, 15) is 0 Å². The predicted molar refractivity (Wildman–Crippen MR) is 52.2 cm³/mol. The molecule has 0 fully saturated rings. The summed E-state index contributed by atoms with van der Waals surface area (Å²) in [5.41, 5.74) is 1.42. The van der Waals surface area contributed by atoms with E-state index in [0.717, 1.165) is 0 Å². The van der Waals surface area contributed by atoms with Crippen molar-refractivity contribution in [2.45, 2.75) is 39.0 Å². The van der Waals surface area contributed by atoms with Gasteiger partial charge in [0, 0.05) is 12.4 Å². The third-order valence-electron chi connectivity index (χ3n) is 2.27. The van der Waals surface area contributed by atoms with E-state index in [1.165, 1.54) is 24.8 Å². The lowest BCUT2D eigenvalue weighted by Crippen LogP contribution is -1.92. The number of hydrogen-bond acceptors (Lipinski definition) is 1. The largest absolute Gasteiger partial charge is 0.265 e. The standard InChI is InChI=1S/C11H17N/c1-3-4-5-10(2)11-6-8-12-9-7-11/h6-10H,3-5H2,1-2H3. The first-order valence-electron chi connectivity index (χ1n) is 4.74. The Labute approximate surface area is 74.8 Å². The lowest BCUT2D eigenvalue weighted by molar-refractivity contribution is 0.624. The molecule has 0 aromatic carbocycles. The Morgan fingerprint density at radius 2 is 2.00 bits per heavy atom. The highest BCUT2D eigenvalue weighted by Gasteiger charge is 2.02. The summed E-state index contributed by atoms with van der Waals surface area (Å²) in [5.74, 6) is 0.688. The van der Waals surface area contributed by atoms with E-state index in [-0.39, 0.29) is 0 Å². The molecule has 0 bridgehead atoms. The topological polar surface area (TPSA) is 12.9 Å². The van der Waals surface area contributed by atoms with Crippen LogP contribution in [0.5, 0.6) is 0 Å². The second-order valence-electron chi connectivity index (χ2n) is 3.32. The van der Waals surface area contributed by atoms with Gasteiger partial charge in [-0.15, -0.1) is 0 Å². The Bertz CT molecular complexity index is 206. The van der Waals surface area contributed by atoms with Crippen LogP contribution in [0.1, 0.15) is 44.6 Å². The van der Waals surface area contributed by atoms with Gasteiger partial charge in [-0.05, 0) is 30.0 Å². The zero-order chi connectivity index (χ0) is 8.81. The van der Waals surface area contributed by atoms with Gasteiger partial charge in [-0.2, -0.15) is 0 Å². The molecular weight excluding hydrogens is 146 g/mol. The summed E-state index contributed by atoms with van der Waals surface area (Å²) in [6.07, 6.45) is 7.65. The van der Waals surface area contributed by atoms with Crippen LogP contribution in [0.3, 0.4) is 0 Å². The van der Waals surface area contributed by atoms with Crippen molar-refractivity contribution in [2.24, 2.45) is 0 Å². The summed E-state index contributed by atoms with van der Waals surface area (Å²) >= 11 is 0. The summed E-state index contributed by atoms with van der Waals surface area (Å²) in [6, 6.07) is 4.22. The lowest BCUT2D eigenvalue weighted by atomic mass is 9.97. The van der Waals surface area contributed by atoms with Crippen LogP contribution in [-0.2, 0) is 0 Å². The maximum absolute atomic E-state index is 4.01. The number of rotatable bonds is 4. The maximum Gasteiger partial charge on any atom is 0.0270 e. The van der Waals surface area contributed by atoms with Gasteiger partial charge in [0.15, 0.2) is 0 Å². The molecule has 1 atom stereocenters. The number of pyridine rings is 1. The van der Waals surface area contributed by atoms with Crippen molar-refractivity contribution in [2.75, 3.05) is 0 Å². The first-order valence-corrected chi connectivity index (χ1v) is 4.74. The van der Waals surface area contributed by atoms with Crippen molar-refractivity contribution >= 4 is 0 Å². The molecule has 66 valence electrons. The summed E-state index contributed by atoms with van der Waals surface area (Å²) in [7, 11) is 0.